The quantitative estimate of drug-likeness (QED) is 0.653. The molecule has 3 aromatic rings. The van der Waals surface area contributed by atoms with Gasteiger partial charge >= 0.3 is 0 Å². The lowest BCUT2D eigenvalue weighted by molar-refractivity contribution is 0.102. The summed E-state index contributed by atoms with van der Waals surface area (Å²) in [5.41, 5.74) is 2.03. The van der Waals surface area contributed by atoms with E-state index in [-0.39, 0.29) is 10.5 Å². The molecule has 0 bridgehead atoms. The molecule has 0 saturated carbocycles. The van der Waals surface area contributed by atoms with Crippen LogP contribution in [-0.2, 0) is 10.0 Å². The average molecular weight is 434 g/mol. The zero-order valence-electron chi connectivity index (χ0n) is 16.4. The molecular weight excluding hydrogens is 414 g/mol. The molecule has 0 aliphatic carbocycles. The molecule has 29 heavy (non-hydrogen) atoms. The number of aryl methyl sites for hydroxylation is 2. The Morgan fingerprint density at radius 1 is 1.14 bits per heavy atom. The minimum Gasteiger partial charge on any atom is -0.360 e. The summed E-state index contributed by atoms with van der Waals surface area (Å²) in [5, 5.41) is 7.14. The first-order chi connectivity index (χ1) is 13.6. The second-order valence-corrected chi connectivity index (χ2v) is 9.19. The van der Waals surface area contributed by atoms with Gasteiger partial charge in [0.2, 0.25) is 10.0 Å². The average Bonchev–Trinajstić information content (AvgIpc) is 3.04. The monoisotopic (exact) mass is 433 g/mol. The lowest BCUT2D eigenvalue weighted by Gasteiger charge is -2.15. The molecule has 0 radical (unpaired) electrons. The Hall–Kier alpha value is -2.68. The zero-order valence-corrected chi connectivity index (χ0v) is 17.9. The van der Waals surface area contributed by atoms with Crippen molar-refractivity contribution in [3.8, 4) is 11.3 Å². The molecule has 0 fully saturated rings. The maximum absolute atomic E-state index is 13.0. The number of anilines is 1. The van der Waals surface area contributed by atoms with Gasteiger partial charge in [0.1, 0.15) is 17.0 Å². The van der Waals surface area contributed by atoms with E-state index in [9.17, 15) is 13.2 Å². The molecule has 3 rings (SSSR count). The number of nitrogens with zero attached hydrogens (tertiary/aromatic N) is 2. The molecule has 1 N–H and O–H groups in total. The minimum atomic E-state index is -3.65. The summed E-state index contributed by atoms with van der Waals surface area (Å²) in [6.45, 7) is 3.32. The van der Waals surface area contributed by atoms with Crippen LogP contribution >= 0.6 is 11.6 Å². The predicted molar refractivity (Wildman–Crippen MR) is 112 cm³/mol. The number of rotatable bonds is 5. The fourth-order valence-corrected chi connectivity index (χ4v) is 4.19. The number of hydrogen-bond donors (Lipinski definition) is 1. The number of nitrogens with one attached hydrogen (secondary N) is 1. The van der Waals surface area contributed by atoms with Crippen LogP contribution in [0.3, 0.4) is 0 Å². The molecule has 0 spiro atoms. The highest BCUT2D eigenvalue weighted by atomic mass is 35.5. The van der Waals surface area contributed by atoms with E-state index >= 15 is 0 Å². The Morgan fingerprint density at radius 3 is 2.48 bits per heavy atom. The Labute approximate surface area is 174 Å². The lowest BCUT2D eigenvalue weighted by atomic mass is 10.1. The molecular formula is C20H20ClN3O4S. The van der Waals surface area contributed by atoms with Gasteiger partial charge in [0.25, 0.3) is 5.91 Å². The van der Waals surface area contributed by atoms with Gasteiger partial charge in [-0.1, -0.05) is 41.0 Å². The Morgan fingerprint density at radius 2 is 1.83 bits per heavy atom. The third-order valence-corrected chi connectivity index (χ3v) is 6.71. The Balaban J connectivity index is 1.99. The highest BCUT2D eigenvalue weighted by Crippen LogP contribution is 2.31. The van der Waals surface area contributed by atoms with Crippen LogP contribution in [0.5, 0.6) is 0 Å². The molecule has 7 nitrogen and oxygen atoms in total. The van der Waals surface area contributed by atoms with E-state index in [0.717, 1.165) is 4.31 Å². The van der Waals surface area contributed by atoms with Crippen LogP contribution in [-0.4, -0.2) is 37.9 Å². The van der Waals surface area contributed by atoms with E-state index < -0.39 is 15.9 Å². The van der Waals surface area contributed by atoms with E-state index in [1.807, 2.05) is 0 Å². The van der Waals surface area contributed by atoms with Crippen LogP contribution in [0.1, 0.15) is 21.7 Å². The summed E-state index contributed by atoms with van der Waals surface area (Å²) in [4.78, 5) is 13.1. The number of amides is 1. The third kappa shape index (κ3) is 4.05. The maximum Gasteiger partial charge on any atom is 0.261 e. The number of benzene rings is 2. The van der Waals surface area contributed by atoms with Crippen molar-refractivity contribution in [2.75, 3.05) is 19.4 Å². The van der Waals surface area contributed by atoms with Crippen LogP contribution in [0, 0.1) is 13.8 Å². The highest BCUT2D eigenvalue weighted by molar-refractivity contribution is 7.89. The van der Waals surface area contributed by atoms with Crippen LogP contribution < -0.4 is 5.32 Å². The molecule has 152 valence electrons. The van der Waals surface area contributed by atoms with E-state index in [4.69, 9.17) is 16.1 Å². The number of sulfonamides is 1. The maximum atomic E-state index is 13.0. The van der Waals surface area contributed by atoms with Gasteiger partial charge in [0.15, 0.2) is 0 Å². The van der Waals surface area contributed by atoms with E-state index in [1.165, 1.54) is 20.2 Å². The van der Waals surface area contributed by atoms with Crippen molar-refractivity contribution >= 4 is 33.2 Å². The van der Waals surface area contributed by atoms with Gasteiger partial charge in [-0.05, 0) is 37.6 Å². The summed E-state index contributed by atoms with van der Waals surface area (Å²) in [6.07, 6.45) is 0. The largest absolute Gasteiger partial charge is 0.360 e. The van der Waals surface area contributed by atoms with Gasteiger partial charge in [0.05, 0.1) is 9.92 Å². The van der Waals surface area contributed by atoms with Crippen molar-refractivity contribution in [2.45, 2.75) is 18.7 Å². The zero-order chi connectivity index (χ0) is 21.3. The van der Waals surface area contributed by atoms with Gasteiger partial charge in [-0.3, -0.25) is 4.79 Å². The van der Waals surface area contributed by atoms with Gasteiger partial charge in [-0.25, -0.2) is 12.7 Å². The molecule has 0 atom stereocenters. The molecule has 0 saturated heterocycles. The number of carbonyl (C=O) groups excluding carboxylic acids is 1. The van der Waals surface area contributed by atoms with Gasteiger partial charge < -0.3 is 9.84 Å². The summed E-state index contributed by atoms with van der Waals surface area (Å²) >= 11 is 6.24. The first kappa shape index (κ1) is 21.0. The number of halogens is 1. The normalized spacial score (nSPS) is 11.7. The molecule has 1 amide bonds. The van der Waals surface area contributed by atoms with Crippen LogP contribution in [0.4, 0.5) is 5.69 Å². The van der Waals surface area contributed by atoms with Gasteiger partial charge in [-0.15, -0.1) is 0 Å². The summed E-state index contributed by atoms with van der Waals surface area (Å²) in [6, 6.07) is 11.7. The number of carbonyl (C=O) groups is 1. The second kappa shape index (κ2) is 7.98. The van der Waals surface area contributed by atoms with Crippen molar-refractivity contribution in [3.05, 3.63) is 64.4 Å². The predicted octanol–water partition coefficient (Wildman–Crippen LogP) is 4.11. The summed E-state index contributed by atoms with van der Waals surface area (Å²) < 4.78 is 31.4. The summed E-state index contributed by atoms with van der Waals surface area (Å²) in [5.74, 6) is -0.151. The number of aromatic nitrogens is 1. The van der Waals surface area contributed by atoms with Crippen molar-refractivity contribution in [1.29, 1.82) is 0 Å². The number of hydrogen-bond acceptors (Lipinski definition) is 5. The molecule has 1 aromatic heterocycles. The van der Waals surface area contributed by atoms with E-state index in [2.05, 4.69) is 10.5 Å². The Kier molecular flexibility index (Phi) is 5.79. The summed E-state index contributed by atoms with van der Waals surface area (Å²) in [7, 11) is -0.741. The fraction of sp³-hybridized carbons (Fsp3) is 0.200. The Bertz CT molecular complexity index is 1190. The topological polar surface area (TPSA) is 92.5 Å². The van der Waals surface area contributed by atoms with Crippen molar-refractivity contribution < 1.29 is 17.7 Å². The van der Waals surface area contributed by atoms with Crippen LogP contribution in [0.2, 0.25) is 5.02 Å². The smallest absolute Gasteiger partial charge is 0.261 e. The van der Waals surface area contributed by atoms with Crippen molar-refractivity contribution in [2.24, 2.45) is 0 Å². The van der Waals surface area contributed by atoms with Gasteiger partial charge in [0, 0.05) is 25.3 Å². The van der Waals surface area contributed by atoms with Crippen molar-refractivity contribution in [1.82, 2.24) is 9.46 Å². The first-order valence-corrected chi connectivity index (χ1v) is 10.5. The van der Waals surface area contributed by atoms with Crippen molar-refractivity contribution in [3.63, 3.8) is 0 Å². The molecule has 0 unspecified atom stereocenters. The highest BCUT2D eigenvalue weighted by Gasteiger charge is 2.24. The molecule has 9 heteroatoms. The molecule has 2 aromatic carbocycles. The van der Waals surface area contributed by atoms with E-state index in [1.54, 1.807) is 50.2 Å². The minimum absolute atomic E-state index is 0.119. The van der Waals surface area contributed by atoms with Gasteiger partial charge in [-0.2, -0.15) is 0 Å². The van der Waals surface area contributed by atoms with E-state index in [0.29, 0.717) is 33.3 Å². The SMILES string of the molecule is Cc1ccc(NC(=O)c2c(-c3ccccc3Cl)noc2C)cc1S(=O)(=O)N(C)C. The fourth-order valence-electron chi connectivity index (χ4n) is 2.82. The van der Waals surface area contributed by atoms with Crippen LogP contribution in [0.25, 0.3) is 11.3 Å². The lowest BCUT2D eigenvalue weighted by Crippen LogP contribution is -2.23. The molecule has 0 aliphatic rings. The third-order valence-electron chi connectivity index (χ3n) is 4.42. The standard InChI is InChI=1S/C20H20ClN3O4S/c1-12-9-10-14(11-17(12)29(26,27)24(3)4)22-20(25)18-13(2)28-23-19(18)15-7-5-6-8-16(15)21/h5-11H,1-4H3,(H,22,25). The molecule has 1 heterocycles. The molecule has 0 aliphatic heterocycles. The first-order valence-electron chi connectivity index (χ1n) is 8.68. The van der Waals surface area contributed by atoms with Crippen LogP contribution in [0.15, 0.2) is 51.9 Å². The second-order valence-electron chi connectivity index (χ2n) is 6.66.